The molecule has 0 atom stereocenters. The molecule has 0 fully saturated rings. The van der Waals surface area contributed by atoms with Crippen LogP contribution in [-0.4, -0.2) is 36.2 Å². The lowest BCUT2D eigenvalue weighted by atomic mass is 10.1. The fourth-order valence-corrected chi connectivity index (χ4v) is 4.46. The van der Waals surface area contributed by atoms with Crippen LogP contribution in [0.5, 0.6) is 5.75 Å². The summed E-state index contributed by atoms with van der Waals surface area (Å²) in [4.78, 5) is 11.9. The highest BCUT2D eigenvalue weighted by molar-refractivity contribution is 7.89. The molecule has 7 nitrogen and oxygen atoms in total. The van der Waals surface area contributed by atoms with Gasteiger partial charge in [-0.05, 0) is 30.2 Å². The van der Waals surface area contributed by atoms with E-state index < -0.39 is 10.0 Å². The van der Waals surface area contributed by atoms with Gasteiger partial charge in [-0.25, -0.2) is 13.1 Å². The predicted molar refractivity (Wildman–Crippen MR) is 88.5 cm³/mol. The molecule has 2 aromatic rings. The first kappa shape index (κ1) is 16.7. The maximum Gasteiger partial charge on any atom is 0.266 e. The summed E-state index contributed by atoms with van der Waals surface area (Å²) < 4.78 is 33.9. The third kappa shape index (κ3) is 2.83. The molecule has 1 aromatic heterocycles. The van der Waals surface area contributed by atoms with Crippen LogP contribution in [0, 0.1) is 6.92 Å². The Kier molecular flexibility index (Phi) is 4.18. The van der Waals surface area contributed by atoms with E-state index in [9.17, 15) is 13.2 Å². The van der Waals surface area contributed by atoms with Crippen LogP contribution in [-0.2, 0) is 30.0 Å². The van der Waals surface area contributed by atoms with Gasteiger partial charge in [0.2, 0.25) is 10.0 Å². The molecule has 2 heterocycles. The minimum absolute atomic E-state index is 0.137. The molecule has 0 spiro atoms. The first-order valence-electron chi connectivity index (χ1n) is 7.54. The number of fused-ring (bicyclic) bond motifs is 1. The van der Waals surface area contributed by atoms with E-state index in [2.05, 4.69) is 5.10 Å². The van der Waals surface area contributed by atoms with Gasteiger partial charge in [0.25, 0.3) is 5.56 Å². The Morgan fingerprint density at radius 3 is 2.71 bits per heavy atom. The summed E-state index contributed by atoms with van der Waals surface area (Å²) in [6.07, 6.45) is 0.469. The standard InChI is InChI=1S/C16H19N3O4S/c1-11-4-5-14(23-3)15(8-11)24(21,22)19-7-6-13-12(10-19)9-16(20)18(2)17-13/h4-5,8-9H,6-7,10H2,1-3H3. The van der Waals surface area contributed by atoms with Crippen LogP contribution in [0.2, 0.25) is 0 Å². The van der Waals surface area contributed by atoms with Gasteiger partial charge in [-0.3, -0.25) is 4.79 Å². The quantitative estimate of drug-likeness (QED) is 0.820. The summed E-state index contributed by atoms with van der Waals surface area (Å²) in [7, 11) is -0.687. The van der Waals surface area contributed by atoms with Crippen LogP contribution in [0.3, 0.4) is 0 Å². The third-order valence-corrected chi connectivity index (χ3v) is 6.01. The van der Waals surface area contributed by atoms with Crippen LogP contribution in [0.25, 0.3) is 0 Å². The van der Waals surface area contributed by atoms with E-state index in [0.717, 1.165) is 11.3 Å². The van der Waals surface area contributed by atoms with Gasteiger partial charge < -0.3 is 4.74 Å². The average molecular weight is 349 g/mol. The predicted octanol–water partition coefficient (Wildman–Crippen LogP) is 0.844. The van der Waals surface area contributed by atoms with E-state index in [-0.39, 0.29) is 17.0 Å². The second-order valence-electron chi connectivity index (χ2n) is 5.82. The summed E-state index contributed by atoms with van der Waals surface area (Å²) in [6, 6.07) is 6.51. The van der Waals surface area contributed by atoms with Gasteiger partial charge in [-0.1, -0.05) is 6.07 Å². The van der Waals surface area contributed by atoms with Crippen LogP contribution < -0.4 is 10.3 Å². The number of aryl methyl sites for hydroxylation is 2. The van der Waals surface area contributed by atoms with Crippen LogP contribution in [0.1, 0.15) is 16.8 Å². The van der Waals surface area contributed by atoms with Gasteiger partial charge in [0.05, 0.1) is 12.8 Å². The molecule has 24 heavy (non-hydrogen) atoms. The Hall–Kier alpha value is -2.19. The summed E-state index contributed by atoms with van der Waals surface area (Å²) >= 11 is 0. The number of hydrogen-bond acceptors (Lipinski definition) is 5. The number of hydrogen-bond donors (Lipinski definition) is 0. The molecular formula is C16H19N3O4S. The summed E-state index contributed by atoms with van der Waals surface area (Å²) in [5.74, 6) is 0.313. The maximum absolute atomic E-state index is 13.0. The smallest absolute Gasteiger partial charge is 0.266 e. The number of rotatable bonds is 3. The zero-order valence-corrected chi connectivity index (χ0v) is 14.6. The number of ether oxygens (including phenoxy) is 1. The van der Waals surface area contributed by atoms with Gasteiger partial charge in [0.15, 0.2) is 0 Å². The molecule has 0 saturated heterocycles. The van der Waals surface area contributed by atoms with Crippen LogP contribution >= 0.6 is 0 Å². The molecule has 1 aromatic carbocycles. The van der Waals surface area contributed by atoms with Gasteiger partial charge in [0.1, 0.15) is 10.6 Å². The van der Waals surface area contributed by atoms with Gasteiger partial charge in [-0.2, -0.15) is 9.40 Å². The first-order chi connectivity index (χ1) is 11.3. The Labute approximate surface area is 140 Å². The van der Waals surface area contributed by atoms with Crippen molar-refractivity contribution in [3.63, 3.8) is 0 Å². The molecule has 0 radical (unpaired) electrons. The minimum Gasteiger partial charge on any atom is -0.495 e. The van der Waals surface area contributed by atoms with E-state index in [1.54, 1.807) is 25.2 Å². The SMILES string of the molecule is COc1ccc(C)cc1S(=O)(=O)N1CCc2nn(C)c(=O)cc2C1. The first-order valence-corrected chi connectivity index (χ1v) is 8.98. The monoisotopic (exact) mass is 349 g/mol. The largest absolute Gasteiger partial charge is 0.495 e. The lowest BCUT2D eigenvalue weighted by Crippen LogP contribution is -2.38. The highest BCUT2D eigenvalue weighted by atomic mass is 32.2. The number of benzene rings is 1. The number of nitrogens with zero attached hydrogens (tertiary/aromatic N) is 3. The van der Waals surface area contributed by atoms with Crippen LogP contribution in [0.15, 0.2) is 34.0 Å². The molecule has 0 bridgehead atoms. The van der Waals surface area contributed by atoms with E-state index in [1.807, 2.05) is 6.92 Å². The second kappa shape index (κ2) is 6.03. The zero-order valence-electron chi connectivity index (χ0n) is 13.8. The third-order valence-electron chi connectivity index (χ3n) is 4.14. The van der Waals surface area contributed by atoms with E-state index in [4.69, 9.17) is 4.74 Å². The average Bonchev–Trinajstić information content (AvgIpc) is 2.55. The van der Waals surface area contributed by atoms with Crippen molar-refractivity contribution >= 4 is 10.0 Å². The molecule has 8 heteroatoms. The van der Waals surface area contributed by atoms with Crippen molar-refractivity contribution in [2.24, 2.45) is 7.05 Å². The summed E-state index contributed by atoms with van der Waals surface area (Å²) in [5, 5.41) is 4.21. The van der Waals surface area contributed by atoms with Crippen molar-refractivity contribution in [1.82, 2.24) is 14.1 Å². The highest BCUT2D eigenvalue weighted by Crippen LogP contribution is 2.30. The molecule has 0 amide bonds. The highest BCUT2D eigenvalue weighted by Gasteiger charge is 2.31. The molecule has 0 aliphatic carbocycles. The van der Waals surface area contributed by atoms with Gasteiger partial charge >= 0.3 is 0 Å². The van der Waals surface area contributed by atoms with Crippen molar-refractivity contribution in [1.29, 1.82) is 0 Å². The topological polar surface area (TPSA) is 81.5 Å². The van der Waals surface area contributed by atoms with Crippen molar-refractivity contribution in [2.45, 2.75) is 24.8 Å². The molecule has 0 unspecified atom stereocenters. The lowest BCUT2D eigenvalue weighted by Gasteiger charge is -2.28. The van der Waals surface area contributed by atoms with E-state index >= 15 is 0 Å². The molecule has 0 saturated carbocycles. The van der Waals surface area contributed by atoms with E-state index in [1.165, 1.54) is 22.2 Å². The number of methoxy groups -OCH3 is 1. The Morgan fingerprint density at radius 1 is 1.25 bits per heavy atom. The molecule has 1 aliphatic rings. The Balaban J connectivity index is 2.02. The van der Waals surface area contributed by atoms with Gasteiger partial charge in [0, 0.05) is 32.6 Å². The molecule has 128 valence electrons. The van der Waals surface area contributed by atoms with Crippen LogP contribution in [0.4, 0.5) is 0 Å². The second-order valence-corrected chi connectivity index (χ2v) is 7.73. The fourth-order valence-electron chi connectivity index (χ4n) is 2.80. The molecule has 1 aliphatic heterocycles. The zero-order chi connectivity index (χ0) is 17.5. The van der Waals surface area contributed by atoms with Crippen molar-refractivity contribution in [2.75, 3.05) is 13.7 Å². The molecule has 0 N–H and O–H groups in total. The number of sulfonamides is 1. The molecular weight excluding hydrogens is 330 g/mol. The van der Waals surface area contributed by atoms with E-state index in [0.29, 0.717) is 24.3 Å². The molecule has 3 rings (SSSR count). The Morgan fingerprint density at radius 2 is 2.00 bits per heavy atom. The fraction of sp³-hybridized carbons (Fsp3) is 0.375. The Bertz CT molecular complexity index is 950. The minimum atomic E-state index is -3.72. The van der Waals surface area contributed by atoms with Crippen molar-refractivity contribution in [3.05, 3.63) is 51.4 Å². The summed E-state index contributed by atoms with van der Waals surface area (Å²) in [5.41, 5.74) is 2.00. The lowest BCUT2D eigenvalue weighted by molar-refractivity contribution is 0.372. The summed E-state index contributed by atoms with van der Waals surface area (Å²) in [6.45, 7) is 2.28. The maximum atomic E-state index is 13.0. The van der Waals surface area contributed by atoms with Crippen molar-refractivity contribution < 1.29 is 13.2 Å². The number of aromatic nitrogens is 2. The van der Waals surface area contributed by atoms with Gasteiger partial charge in [-0.15, -0.1) is 0 Å². The normalized spacial score (nSPS) is 15.1. The van der Waals surface area contributed by atoms with Crippen molar-refractivity contribution in [3.8, 4) is 5.75 Å².